The lowest BCUT2D eigenvalue weighted by Crippen LogP contribution is -2.24. The topological polar surface area (TPSA) is 79.2 Å². The molecule has 0 unspecified atom stereocenters. The van der Waals surface area contributed by atoms with E-state index in [1.165, 1.54) is 0 Å². The van der Waals surface area contributed by atoms with Gasteiger partial charge in [-0.3, -0.25) is 4.79 Å². The number of nitrogens with one attached hydrogen (secondary N) is 1. The smallest absolute Gasteiger partial charge is 0.407 e. The zero-order valence-electron chi connectivity index (χ0n) is 13.6. The molecule has 0 aromatic heterocycles. The van der Waals surface area contributed by atoms with E-state index >= 15 is 0 Å². The van der Waals surface area contributed by atoms with Gasteiger partial charge in [0.15, 0.2) is 5.78 Å². The van der Waals surface area contributed by atoms with E-state index in [9.17, 15) is 9.59 Å². The normalized spacial score (nSPS) is 10.2. The molecule has 0 aliphatic rings. The molecule has 1 amide bonds. The van der Waals surface area contributed by atoms with Crippen molar-refractivity contribution in [2.75, 3.05) is 6.54 Å². The number of alkyl carbamates (subject to hydrolysis) is 1. The monoisotopic (exact) mass is 334 g/mol. The Morgan fingerprint density at radius 2 is 1.92 bits per heavy atom. The highest BCUT2D eigenvalue weighted by molar-refractivity contribution is 5.97. The minimum Gasteiger partial charge on any atom is -0.445 e. The van der Waals surface area contributed by atoms with E-state index in [1.54, 1.807) is 30.4 Å². The highest BCUT2D eigenvalue weighted by atomic mass is 16.5. The largest absolute Gasteiger partial charge is 0.445 e. The number of benzene rings is 2. The predicted octanol–water partition coefficient (Wildman–Crippen LogP) is 3.72. The quantitative estimate of drug-likeness (QED) is 0.783. The molecule has 5 nitrogen and oxygen atoms in total. The summed E-state index contributed by atoms with van der Waals surface area (Å²) in [6.45, 7) is 0.531. The van der Waals surface area contributed by atoms with Gasteiger partial charge >= 0.3 is 6.09 Å². The van der Waals surface area contributed by atoms with Gasteiger partial charge in [0.25, 0.3) is 0 Å². The molecule has 5 heteroatoms. The van der Waals surface area contributed by atoms with E-state index in [0.29, 0.717) is 12.1 Å². The number of ketones is 1. The first kappa shape index (κ1) is 18.0. The van der Waals surface area contributed by atoms with E-state index in [-0.39, 0.29) is 18.8 Å². The highest BCUT2D eigenvalue weighted by Crippen LogP contribution is 2.09. The molecule has 126 valence electrons. The lowest BCUT2D eigenvalue weighted by molar-refractivity contribution is 0.0997. The van der Waals surface area contributed by atoms with Crippen molar-refractivity contribution in [3.8, 4) is 6.07 Å². The minimum atomic E-state index is -0.494. The van der Waals surface area contributed by atoms with Crippen LogP contribution < -0.4 is 5.32 Å². The van der Waals surface area contributed by atoms with Gasteiger partial charge in [0, 0.05) is 12.1 Å². The summed E-state index contributed by atoms with van der Waals surface area (Å²) in [6, 6.07) is 18.3. The van der Waals surface area contributed by atoms with Crippen LogP contribution in [0.15, 0.2) is 60.7 Å². The van der Waals surface area contributed by atoms with E-state index in [4.69, 9.17) is 10.00 Å². The average molecular weight is 334 g/mol. The van der Waals surface area contributed by atoms with Crippen molar-refractivity contribution in [1.29, 1.82) is 5.26 Å². The minimum absolute atomic E-state index is 0.137. The number of nitrogens with zero attached hydrogens (tertiary/aromatic N) is 1. The fourth-order valence-corrected chi connectivity index (χ4v) is 2.10. The van der Waals surface area contributed by atoms with Crippen LogP contribution in [-0.4, -0.2) is 18.4 Å². The Morgan fingerprint density at radius 3 is 2.68 bits per heavy atom. The van der Waals surface area contributed by atoms with E-state index in [0.717, 1.165) is 11.1 Å². The standard InChI is InChI=1S/C20H18N2O3/c21-12-11-19(23)18-10-4-8-16(14-18)9-5-13-22-20(24)25-15-17-6-2-1-3-7-17/h1-10,14H,11,13,15H2,(H,22,24). The average Bonchev–Trinajstić information content (AvgIpc) is 2.65. The molecule has 0 saturated carbocycles. The van der Waals surface area contributed by atoms with Crippen LogP contribution >= 0.6 is 0 Å². The SMILES string of the molecule is N#CCC(=O)c1cccc(C=CCNC(=O)OCc2ccccc2)c1. The molecule has 0 aliphatic heterocycles. The van der Waals surface area contributed by atoms with Gasteiger partial charge < -0.3 is 10.1 Å². The molecule has 0 bridgehead atoms. The fraction of sp³-hybridized carbons (Fsp3) is 0.150. The number of hydrogen-bond acceptors (Lipinski definition) is 4. The van der Waals surface area contributed by atoms with Gasteiger partial charge in [0.2, 0.25) is 0 Å². The van der Waals surface area contributed by atoms with Crippen molar-refractivity contribution in [2.24, 2.45) is 0 Å². The van der Waals surface area contributed by atoms with Gasteiger partial charge in [0.1, 0.15) is 6.61 Å². The van der Waals surface area contributed by atoms with Crippen LogP contribution in [0.3, 0.4) is 0 Å². The molecule has 0 radical (unpaired) electrons. The first-order chi connectivity index (χ1) is 12.2. The molecular weight excluding hydrogens is 316 g/mol. The molecule has 2 aromatic rings. The first-order valence-electron chi connectivity index (χ1n) is 7.80. The molecular formula is C20H18N2O3. The summed E-state index contributed by atoms with van der Waals surface area (Å²) in [5, 5.41) is 11.2. The third-order valence-electron chi connectivity index (χ3n) is 3.34. The van der Waals surface area contributed by atoms with Crippen molar-refractivity contribution in [1.82, 2.24) is 5.32 Å². The van der Waals surface area contributed by atoms with E-state index < -0.39 is 6.09 Å². The van der Waals surface area contributed by atoms with Gasteiger partial charge in [-0.15, -0.1) is 0 Å². The molecule has 0 heterocycles. The van der Waals surface area contributed by atoms with Crippen molar-refractivity contribution >= 4 is 18.0 Å². The van der Waals surface area contributed by atoms with Crippen LogP contribution in [0.2, 0.25) is 0 Å². The lowest BCUT2D eigenvalue weighted by atomic mass is 10.1. The summed E-state index contributed by atoms with van der Waals surface area (Å²) in [5.41, 5.74) is 2.24. The summed E-state index contributed by atoms with van der Waals surface area (Å²) >= 11 is 0. The van der Waals surface area contributed by atoms with E-state index in [1.807, 2.05) is 42.5 Å². The Labute approximate surface area is 146 Å². The second kappa shape index (κ2) is 9.68. The third kappa shape index (κ3) is 6.32. The van der Waals surface area contributed by atoms with Gasteiger partial charge in [-0.1, -0.05) is 60.7 Å². The van der Waals surface area contributed by atoms with Crippen molar-refractivity contribution in [3.63, 3.8) is 0 Å². The Balaban J connectivity index is 1.77. The van der Waals surface area contributed by atoms with Crippen molar-refractivity contribution in [3.05, 3.63) is 77.4 Å². The molecule has 0 saturated heterocycles. The van der Waals surface area contributed by atoms with Gasteiger partial charge in [0.05, 0.1) is 12.5 Å². The van der Waals surface area contributed by atoms with Crippen LogP contribution in [-0.2, 0) is 11.3 Å². The van der Waals surface area contributed by atoms with E-state index in [2.05, 4.69) is 5.32 Å². The fourth-order valence-electron chi connectivity index (χ4n) is 2.10. The highest BCUT2D eigenvalue weighted by Gasteiger charge is 2.04. The van der Waals surface area contributed by atoms with Gasteiger partial charge in [-0.25, -0.2) is 4.79 Å². The van der Waals surface area contributed by atoms with Gasteiger partial charge in [-0.05, 0) is 17.2 Å². The lowest BCUT2D eigenvalue weighted by Gasteiger charge is -2.05. The first-order valence-corrected chi connectivity index (χ1v) is 7.80. The molecule has 2 rings (SSSR count). The zero-order chi connectivity index (χ0) is 17.9. The summed E-state index contributed by atoms with van der Waals surface area (Å²) in [7, 11) is 0. The molecule has 0 fully saturated rings. The molecule has 0 aliphatic carbocycles. The number of carbonyl (C=O) groups is 2. The van der Waals surface area contributed by atoms with Crippen LogP contribution in [0.25, 0.3) is 6.08 Å². The summed E-state index contributed by atoms with van der Waals surface area (Å²) in [6.07, 6.45) is 2.92. The second-order valence-corrected chi connectivity index (χ2v) is 5.23. The van der Waals surface area contributed by atoms with Crippen LogP contribution in [0.5, 0.6) is 0 Å². The molecule has 0 spiro atoms. The molecule has 0 atom stereocenters. The van der Waals surface area contributed by atoms with Crippen molar-refractivity contribution < 1.29 is 14.3 Å². The predicted molar refractivity (Wildman–Crippen MR) is 94.7 cm³/mol. The Bertz CT molecular complexity index is 792. The van der Waals surface area contributed by atoms with Gasteiger partial charge in [-0.2, -0.15) is 5.26 Å². The van der Waals surface area contributed by atoms with Crippen molar-refractivity contribution in [2.45, 2.75) is 13.0 Å². The number of carbonyl (C=O) groups excluding carboxylic acids is 2. The maximum atomic E-state index is 11.7. The summed E-state index contributed by atoms with van der Waals surface area (Å²) in [4.78, 5) is 23.3. The Hall–Kier alpha value is -3.39. The number of ether oxygens (including phenoxy) is 1. The number of amides is 1. The number of nitriles is 1. The Morgan fingerprint density at radius 1 is 1.12 bits per heavy atom. The maximum absolute atomic E-state index is 11.7. The second-order valence-electron chi connectivity index (χ2n) is 5.23. The molecule has 1 N–H and O–H groups in total. The zero-order valence-corrected chi connectivity index (χ0v) is 13.6. The summed E-state index contributed by atoms with van der Waals surface area (Å²) in [5.74, 6) is -0.208. The van der Waals surface area contributed by atoms with Crippen LogP contribution in [0.1, 0.15) is 27.9 Å². The number of Topliss-reactive ketones (excluding diaryl/α,β-unsaturated/α-hetero) is 1. The van der Waals surface area contributed by atoms with Crippen LogP contribution in [0.4, 0.5) is 4.79 Å². The number of rotatable bonds is 7. The maximum Gasteiger partial charge on any atom is 0.407 e. The Kier molecular flexibility index (Phi) is 6.95. The number of hydrogen-bond donors (Lipinski definition) is 1. The molecule has 25 heavy (non-hydrogen) atoms. The van der Waals surface area contributed by atoms with Crippen LogP contribution in [0, 0.1) is 11.3 Å². The summed E-state index contributed by atoms with van der Waals surface area (Å²) < 4.78 is 5.10. The third-order valence-corrected chi connectivity index (χ3v) is 3.34. The molecule has 2 aromatic carbocycles.